The third kappa shape index (κ3) is 5.36. The van der Waals surface area contributed by atoms with E-state index in [1.165, 1.54) is 32.3 Å². The summed E-state index contributed by atoms with van der Waals surface area (Å²) in [6.07, 6.45) is 3.06. The maximum atomic E-state index is 7.26. The highest BCUT2D eigenvalue weighted by molar-refractivity contribution is 7.11. The molecule has 0 radical (unpaired) electrons. The van der Waals surface area contributed by atoms with Gasteiger partial charge in [0.05, 0.1) is 5.38 Å². The van der Waals surface area contributed by atoms with Gasteiger partial charge in [-0.3, -0.25) is 4.98 Å². The van der Waals surface area contributed by atoms with Crippen molar-refractivity contribution in [1.82, 2.24) is 4.98 Å². The van der Waals surface area contributed by atoms with E-state index in [2.05, 4.69) is 152 Å². The van der Waals surface area contributed by atoms with Crippen molar-refractivity contribution >= 4 is 45.6 Å². The van der Waals surface area contributed by atoms with Crippen LogP contribution in [0.3, 0.4) is 0 Å². The van der Waals surface area contributed by atoms with E-state index in [9.17, 15) is 0 Å². The molecule has 6 rings (SSSR count). The molecule has 0 bridgehead atoms. The highest BCUT2D eigenvalue weighted by Gasteiger charge is 2.45. The summed E-state index contributed by atoms with van der Waals surface area (Å²) in [4.78, 5) is 5.00. The third-order valence-corrected chi connectivity index (χ3v) is 13.9. The Bertz CT molecular complexity index is 1850. The van der Waals surface area contributed by atoms with E-state index in [0.717, 1.165) is 40.1 Å². The predicted molar refractivity (Wildman–Crippen MR) is 187 cm³/mol. The summed E-state index contributed by atoms with van der Waals surface area (Å²) in [5.74, 6) is 0. The van der Waals surface area contributed by atoms with Crippen molar-refractivity contribution in [3.8, 4) is 11.3 Å². The van der Waals surface area contributed by atoms with E-state index in [0.29, 0.717) is 0 Å². The molecule has 2 aromatic heterocycles. The quantitative estimate of drug-likeness (QED) is 0.183. The van der Waals surface area contributed by atoms with Gasteiger partial charge in [-0.05, 0) is 80.7 Å². The van der Waals surface area contributed by atoms with Gasteiger partial charge in [0, 0.05) is 17.1 Å². The topological polar surface area (TPSA) is 26.0 Å². The van der Waals surface area contributed by atoms with Crippen molar-refractivity contribution in [1.29, 1.82) is 0 Å². The monoisotopic (exact) mass is 581 g/mol. The number of hydrogen-bond donors (Lipinski definition) is 0. The van der Waals surface area contributed by atoms with Crippen LogP contribution in [0.5, 0.6) is 0 Å². The van der Waals surface area contributed by atoms with Crippen LogP contribution in [0.15, 0.2) is 114 Å². The Morgan fingerprint density at radius 2 is 1.30 bits per heavy atom. The zero-order valence-electron chi connectivity index (χ0n) is 26.7. The first-order valence-electron chi connectivity index (χ1n) is 15.5. The second-order valence-corrected chi connectivity index (χ2v) is 18.2. The minimum absolute atomic E-state index is 0.0105. The molecule has 0 fully saturated rings. The standard InChI is InChI=1S/C40H43NOSi/c1-28-33-22-24-41-36(30-26-29-16-14-15-21-34(29)35(27-30)40(5,6)7)37(33)42-38(28)43(25-23-39(2,3)4,31-17-10-8-11-18-31)32-19-12-9-13-20-32/h8-22,24,26-27H,23,25H2,1-7H3. The highest BCUT2D eigenvalue weighted by atomic mass is 28.3. The molecule has 0 aliphatic heterocycles. The maximum Gasteiger partial charge on any atom is 0.193 e. The Balaban J connectivity index is 1.66. The van der Waals surface area contributed by atoms with Crippen molar-refractivity contribution in [2.75, 3.05) is 0 Å². The average molecular weight is 582 g/mol. The molecule has 6 aromatic rings. The smallest absolute Gasteiger partial charge is 0.193 e. The van der Waals surface area contributed by atoms with Gasteiger partial charge in [0.1, 0.15) is 5.69 Å². The summed E-state index contributed by atoms with van der Waals surface area (Å²) in [7, 11) is -2.56. The number of furan rings is 1. The maximum absolute atomic E-state index is 7.26. The van der Waals surface area contributed by atoms with Gasteiger partial charge >= 0.3 is 0 Å². The molecule has 43 heavy (non-hydrogen) atoms. The zero-order valence-corrected chi connectivity index (χ0v) is 27.7. The third-order valence-electron chi connectivity index (χ3n) is 8.97. The van der Waals surface area contributed by atoms with Crippen molar-refractivity contribution in [3.05, 3.63) is 120 Å². The fraction of sp³-hybridized carbons (Fsp3) is 0.275. The van der Waals surface area contributed by atoms with Gasteiger partial charge in [0.15, 0.2) is 13.7 Å². The molecule has 0 unspecified atom stereocenters. The lowest BCUT2D eigenvalue weighted by molar-refractivity contribution is 0.396. The SMILES string of the molecule is Cc1c([Si](CCC(C)(C)C)(c2ccccc2)c2ccccc2)oc2c(-c3cc(C(C)(C)C)c4ccccc4c3)nccc12. The lowest BCUT2D eigenvalue weighted by Crippen LogP contribution is -2.67. The Hall–Kier alpha value is -3.95. The first kappa shape index (κ1) is 29.1. The number of benzene rings is 4. The van der Waals surface area contributed by atoms with E-state index in [-0.39, 0.29) is 10.8 Å². The normalized spacial score (nSPS) is 12.7. The fourth-order valence-electron chi connectivity index (χ4n) is 6.67. The summed E-state index contributed by atoms with van der Waals surface area (Å²) in [5, 5.41) is 7.62. The lowest BCUT2D eigenvalue weighted by Gasteiger charge is -2.34. The Morgan fingerprint density at radius 3 is 1.91 bits per heavy atom. The minimum atomic E-state index is -2.56. The zero-order chi connectivity index (χ0) is 30.4. The van der Waals surface area contributed by atoms with Gasteiger partial charge in [0.2, 0.25) is 0 Å². The Morgan fingerprint density at radius 1 is 0.698 bits per heavy atom. The van der Waals surface area contributed by atoms with Gasteiger partial charge in [-0.1, -0.05) is 126 Å². The largest absolute Gasteiger partial charge is 0.463 e. The molecule has 0 aliphatic carbocycles. The molecule has 218 valence electrons. The van der Waals surface area contributed by atoms with Crippen LogP contribution >= 0.6 is 0 Å². The van der Waals surface area contributed by atoms with Crippen molar-refractivity contribution in [2.45, 2.75) is 66.3 Å². The molecule has 2 nitrogen and oxygen atoms in total. The Labute approximate surface area is 257 Å². The number of nitrogens with zero attached hydrogens (tertiary/aromatic N) is 1. The number of aromatic nitrogens is 1. The van der Waals surface area contributed by atoms with Crippen LogP contribution in [0.25, 0.3) is 33.0 Å². The van der Waals surface area contributed by atoms with E-state index in [1.807, 2.05) is 6.20 Å². The second kappa shape index (κ2) is 11.0. The number of pyridine rings is 1. The van der Waals surface area contributed by atoms with Crippen LogP contribution in [0, 0.1) is 12.3 Å². The van der Waals surface area contributed by atoms with Gasteiger partial charge in [-0.25, -0.2) is 0 Å². The number of fused-ring (bicyclic) bond motifs is 2. The number of rotatable bonds is 6. The average Bonchev–Trinajstić information content (AvgIpc) is 3.33. The molecule has 2 heterocycles. The molecule has 4 aromatic carbocycles. The molecule has 0 N–H and O–H groups in total. The van der Waals surface area contributed by atoms with Crippen molar-refractivity contribution in [3.63, 3.8) is 0 Å². The summed E-state index contributed by atoms with van der Waals surface area (Å²) in [6, 6.07) is 38.8. The molecular weight excluding hydrogens is 539 g/mol. The van der Waals surface area contributed by atoms with E-state index in [4.69, 9.17) is 9.40 Å². The number of hydrogen-bond acceptors (Lipinski definition) is 2. The fourth-order valence-corrected chi connectivity index (χ4v) is 12.0. The molecule has 0 saturated carbocycles. The van der Waals surface area contributed by atoms with Crippen molar-refractivity contribution < 1.29 is 4.42 Å². The summed E-state index contributed by atoms with van der Waals surface area (Å²) in [6.45, 7) is 16.2. The van der Waals surface area contributed by atoms with Gasteiger partial charge in [-0.2, -0.15) is 0 Å². The molecular formula is C40H43NOSi. The Kier molecular flexibility index (Phi) is 7.42. The first-order chi connectivity index (χ1) is 20.5. The van der Waals surface area contributed by atoms with Gasteiger partial charge < -0.3 is 4.42 Å². The minimum Gasteiger partial charge on any atom is -0.463 e. The van der Waals surface area contributed by atoms with Gasteiger partial charge in [-0.15, -0.1) is 0 Å². The molecule has 0 atom stereocenters. The summed E-state index contributed by atoms with van der Waals surface area (Å²) in [5.41, 5.74) is 5.67. The first-order valence-corrected chi connectivity index (χ1v) is 17.7. The molecule has 0 saturated heterocycles. The van der Waals surface area contributed by atoms with Crippen LogP contribution in [-0.2, 0) is 5.41 Å². The predicted octanol–water partition coefficient (Wildman–Crippen LogP) is 9.16. The van der Waals surface area contributed by atoms with Gasteiger partial charge in [0.25, 0.3) is 0 Å². The summed E-state index contributed by atoms with van der Waals surface area (Å²) >= 11 is 0. The highest BCUT2D eigenvalue weighted by Crippen LogP contribution is 2.38. The molecule has 0 spiro atoms. The molecule has 0 amide bonds. The summed E-state index contributed by atoms with van der Waals surface area (Å²) < 4.78 is 7.26. The second-order valence-electron chi connectivity index (χ2n) is 14.3. The van der Waals surface area contributed by atoms with Crippen LogP contribution in [0.1, 0.15) is 59.1 Å². The van der Waals surface area contributed by atoms with Crippen LogP contribution in [0.4, 0.5) is 0 Å². The van der Waals surface area contributed by atoms with E-state index < -0.39 is 8.07 Å². The van der Waals surface area contributed by atoms with Crippen LogP contribution in [-0.4, -0.2) is 13.1 Å². The van der Waals surface area contributed by atoms with Crippen LogP contribution < -0.4 is 15.8 Å². The van der Waals surface area contributed by atoms with Crippen molar-refractivity contribution in [2.24, 2.45) is 5.41 Å². The van der Waals surface area contributed by atoms with E-state index in [1.54, 1.807) is 0 Å². The molecule has 0 aliphatic rings. The number of aryl methyl sites for hydroxylation is 1. The van der Waals surface area contributed by atoms with Crippen LogP contribution in [0.2, 0.25) is 6.04 Å². The van der Waals surface area contributed by atoms with E-state index >= 15 is 0 Å². The lowest BCUT2D eigenvalue weighted by atomic mass is 9.82. The molecule has 3 heteroatoms.